The van der Waals surface area contributed by atoms with E-state index in [1.54, 1.807) is 6.08 Å². The number of hydrogen-bond donors (Lipinski definition) is 1. The molecule has 1 saturated heterocycles. The zero-order valence-electron chi connectivity index (χ0n) is 18.1. The Labute approximate surface area is 194 Å². The Morgan fingerprint density at radius 1 is 1.00 bits per heavy atom. The van der Waals surface area contributed by atoms with Crippen LogP contribution in [0.1, 0.15) is 24.1 Å². The molecule has 1 amide bonds. The Hall–Kier alpha value is -3.31. The molecular weight excluding hydrogens is 420 g/mol. The second-order valence-electron chi connectivity index (χ2n) is 7.84. The summed E-state index contributed by atoms with van der Waals surface area (Å²) < 4.78 is 0. The number of aromatic nitrogens is 1. The molecule has 1 atom stereocenters. The first kappa shape index (κ1) is 21.9. The van der Waals surface area contributed by atoms with E-state index >= 15 is 0 Å². The first-order valence-corrected chi connectivity index (χ1v) is 11.2. The highest BCUT2D eigenvalue weighted by Crippen LogP contribution is 2.23. The molecule has 0 spiro atoms. The van der Waals surface area contributed by atoms with E-state index in [2.05, 4.69) is 50.4 Å². The van der Waals surface area contributed by atoms with Gasteiger partial charge in [-0.3, -0.25) is 4.79 Å². The van der Waals surface area contributed by atoms with Crippen LogP contribution in [0.2, 0.25) is 5.02 Å². The fraction of sp³-hybridized carbons (Fsp3) is 0.231. The molecule has 3 aromatic rings. The smallest absolute Gasteiger partial charge is 0.244 e. The highest BCUT2D eigenvalue weighted by atomic mass is 35.5. The summed E-state index contributed by atoms with van der Waals surface area (Å²) in [6, 6.07) is 21.8. The molecule has 1 aromatic heterocycles. The molecule has 6 heteroatoms. The van der Waals surface area contributed by atoms with Crippen molar-refractivity contribution in [3.63, 3.8) is 0 Å². The van der Waals surface area contributed by atoms with Crippen molar-refractivity contribution in [2.24, 2.45) is 0 Å². The van der Waals surface area contributed by atoms with Crippen molar-refractivity contribution in [2.75, 3.05) is 36.0 Å². The number of rotatable bonds is 6. The van der Waals surface area contributed by atoms with Crippen LogP contribution in [0.15, 0.2) is 79.0 Å². The molecule has 0 radical (unpaired) electrons. The molecule has 0 aliphatic carbocycles. The SMILES string of the molecule is CC(NC(=O)/C=C/c1ccccc1Cl)c1cccc(N2CCN(c3ccccn3)CC2)c1. The van der Waals surface area contributed by atoms with Crippen LogP contribution in [-0.2, 0) is 4.79 Å². The lowest BCUT2D eigenvalue weighted by Crippen LogP contribution is -2.46. The van der Waals surface area contributed by atoms with Gasteiger partial charge in [-0.05, 0) is 54.5 Å². The molecule has 1 aliphatic heterocycles. The molecule has 0 saturated carbocycles. The van der Waals surface area contributed by atoms with E-state index in [1.807, 2.05) is 49.5 Å². The van der Waals surface area contributed by atoms with Crippen molar-refractivity contribution in [3.05, 3.63) is 95.2 Å². The number of nitrogens with zero attached hydrogens (tertiary/aromatic N) is 3. The van der Waals surface area contributed by atoms with Gasteiger partial charge in [0.05, 0.1) is 6.04 Å². The van der Waals surface area contributed by atoms with Crippen molar-refractivity contribution in [3.8, 4) is 0 Å². The van der Waals surface area contributed by atoms with E-state index in [0.29, 0.717) is 5.02 Å². The van der Waals surface area contributed by atoms with Gasteiger partial charge in [-0.25, -0.2) is 4.98 Å². The number of carbonyl (C=O) groups is 1. The van der Waals surface area contributed by atoms with Gasteiger partial charge in [-0.1, -0.05) is 48.0 Å². The molecular formula is C26H27ClN4O. The summed E-state index contributed by atoms with van der Waals surface area (Å²) >= 11 is 6.15. The normalized spacial score (nSPS) is 15.1. The number of halogens is 1. The zero-order valence-corrected chi connectivity index (χ0v) is 18.9. The highest BCUT2D eigenvalue weighted by molar-refractivity contribution is 6.32. The Morgan fingerprint density at radius 3 is 2.50 bits per heavy atom. The molecule has 0 bridgehead atoms. The van der Waals surface area contributed by atoms with Crippen LogP contribution in [-0.4, -0.2) is 37.1 Å². The molecule has 2 heterocycles. The summed E-state index contributed by atoms with van der Waals surface area (Å²) in [6.45, 7) is 5.72. The molecule has 5 nitrogen and oxygen atoms in total. The predicted octanol–water partition coefficient (Wildman–Crippen LogP) is 4.95. The van der Waals surface area contributed by atoms with Crippen molar-refractivity contribution in [2.45, 2.75) is 13.0 Å². The lowest BCUT2D eigenvalue weighted by molar-refractivity contribution is -0.117. The molecule has 32 heavy (non-hydrogen) atoms. The van der Waals surface area contributed by atoms with E-state index in [-0.39, 0.29) is 11.9 Å². The minimum atomic E-state index is -0.146. The van der Waals surface area contributed by atoms with Gasteiger partial charge in [0, 0.05) is 49.2 Å². The van der Waals surface area contributed by atoms with E-state index in [4.69, 9.17) is 11.6 Å². The number of anilines is 2. The number of benzene rings is 2. The summed E-state index contributed by atoms with van der Waals surface area (Å²) in [5.41, 5.74) is 3.08. The molecule has 2 aromatic carbocycles. The van der Waals surface area contributed by atoms with Gasteiger partial charge in [0.15, 0.2) is 0 Å². The monoisotopic (exact) mass is 446 g/mol. The summed E-state index contributed by atoms with van der Waals surface area (Å²) in [5.74, 6) is 0.883. The fourth-order valence-corrected chi connectivity index (χ4v) is 4.04. The maximum atomic E-state index is 12.4. The second kappa shape index (κ2) is 10.3. The third-order valence-electron chi connectivity index (χ3n) is 5.67. The maximum Gasteiger partial charge on any atom is 0.244 e. The van der Waals surface area contributed by atoms with Gasteiger partial charge in [-0.15, -0.1) is 0 Å². The average Bonchev–Trinajstić information content (AvgIpc) is 2.84. The molecule has 1 unspecified atom stereocenters. The Bertz CT molecular complexity index is 1080. The van der Waals surface area contributed by atoms with Crippen molar-refractivity contribution in [1.82, 2.24) is 10.3 Å². The number of amides is 1. The standard InChI is InChI=1S/C26H27ClN4O/c1-20(29-26(32)13-12-21-7-2-3-10-24(21)27)22-8-6-9-23(19-22)30-15-17-31(18-16-30)25-11-4-5-14-28-25/h2-14,19-20H,15-18H2,1H3,(H,29,32)/b13-12+. The second-order valence-corrected chi connectivity index (χ2v) is 8.25. The first-order valence-electron chi connectivity index (χ1n) is 10.8. The van der Waals surface area contributed by atoms with Crippen molar-refractivity contribution < 1.29 is 4.79 Å². The van der Waals surface area contributed by atoms with E-state index in [9.17, 15) is 4.79 Å². The molecule has 4 rings (SSSR count). The van der Waals surface area contributed by atoms with Gasteiger partial charge in [0.1, 0.15) is 5.82 Å². The summed E-state index contributed by atoms with van der Waals surface area (Å²) in [6.07, 6.45) is 5.10. The minimum Gasteiger partial charge on any atom is -0.368 e. The largest absolute Gasteiger partial charge is 0.368 e. The molecule has 1 fully saturated rings. The van der Waals surface area contributed by atoms with Gasteiger partial charge in [0.2, 0.25) is 5.91 Å². The number of pyridine rings is 1. The number of hydrogen-bond acceptors (Lipinski definition) is 4. The zero-order chi connectivity index (χ0) is 22.3. The van der Waals surface area contributed by atoms with Crippen LogP contribution in [0, 0.1) is 0 Å². The lowest BCUT2D eigenvalue weighted by atomic mass is 10.1. The van der Waals surface area contributed by atoms with Crippen molar-refractivity contribution in [1.29, 1.82) is 0 Å². The molecule has 1 N–H and O–H groups in total. The summed E-state index contributed by atoms with van der Waals surface area (Å²) in [7, 11) is 0. The number of nitrogens with one attached hydrogen (secondary N) is 1. The quantitative estimate of drug-likeness (QED) is 0.544. The minimum absolute atomic E-state index is 0.104. The first-order chi connectivity index (χ1) is 15.6. The Balaban J connectivity index is 1.35. The highest BCUT2D eigenvalue weighted by Gasteiger charge is 2.19. The Kier molecular flexibility index (Phi) is 7.07. The van der Waals surface area contributed by atoms with Crippen LogP contribution < -0.4 is 15.1 Å². The van der Waals surface area contributed by atoms with Crippen molar-refractivity contribution >= 4 is 35.1 Å². The summed E-state index contributed by atoms with van der Waals surface area (Å²) in [5, 5.41) is 3.67. The molecule has 1 aliphatic rings. The van der Waals surface area contributed by atoms with Gasteiger partial charge in [0.25, 0.3) is 0 Å². The average molecular weight is 447 g/mol. The predicted molar refractivity (Wildman–Crippen MR) is 132 cm³/mol. The van der Waals surface area contributed by atoms with Gasteiger partial charge >= 0.3 is 0 Å². The van der Waals surface area contributed by atoms with Gasteiger partial charge < -0.3 is 15.1 Å². The van der Waals surface area contributed by atoms with Crippen LogP contribution >= 0.6 is 11.6 Å². The third-order valence-corrected chi connectivity index (χ3v) is 6.01. The van der Waals surface area contributed by atoms with Crippen LogP contribution in [0.5, 0.6) is 0 Å². The van der Waals surface area contributed by atoms with E-state index in [0.717, 1.165) is 43.1 Å². The third kappa shape index (κ3) is 5.48. The Morgan fingerprint density at radius 2 is 1.75 bits per heavy atom. The maximum absolute atomic E-state index is 12.4. The molecule has 164 valence electrons. The fourth-order valence-electron chi connectivity index (χ4n) is 3.85. The topological polar surface area (TPSA) is 48.5 Å². The van der Waals surface area contributed by atoms with E-state index < -0.39 is 0 Å². The summed E-state index contributed by atoms with van der Waals surface area (Å²) in [4.78, 5) is 21.6. The van der Waals surface area contributed by atoms with E-state index in [1.165, 1.54) is 11.8 Å². The van der Waals surface area contributed by atoms with Gasteiger partial charge in [-0.2, -0.15) is 0 Å². The van der Waals surface area contributed by atoms with Crippen LogP contribution in [0.4, 0.5) is 11.5 Å². The van der Waals surface area contributed by atoms with Crippen LogP contribution in [0.3, 0.4) is 0 Å². The van der Waals surface area contributed by atoms with Crippen LogP contribution in [0.25, 0.3) is 6.08 Å². The number of carbonyl (C=O) groups excluding carboxylic acids is 1. The number of piperazine rings is 1. The lowest BCUT2D eigenvalue weighted by Gasteiger charge is -2.37.